The molecule has 128 valence electrons. The van der Waals surface area contributed by atoms with Gasteiger partial charge in [0.25, 0.3) is 0 Å². The lowest BCUT2D eigenvalue weighted by atomic mass is 9.95. The van der Waals surface area contributed by atoms with Gasteiger partial charge in [0.2, 0.25) is 5.91 Å². The second-order valence-electron chi connectivity index (χ2n) is 6.43. The fourth-order valence-electron chi connectivity index (χ4n) is 3.44. The quantitative estimate of drug-likeness (QED) is 0.756. The molecule has 0 saturated carbocycles. The summed E-state index contributed by atoms with van der Waals surface area (Å²) in [7, 11) is 1.88. The maximum atomic E-state index is 11.0. The van der Waals surface area contributed by atoms with E-state index in [4.69, 9.17) is 5.73 Å². The van der Waals surface area contributed by atoms with Crippen LogP contribution in [-0.2, 0) is 4.79 Å². The molecule has 7 nitrogen and oxygen atoms in total. The van der Waals surface area contributed by atoms with Crippen LogP contribution in [0.5, 0.6) is 0 Å². The lowest BCUT2D eigenvalue weighted by molar-refractivity contribution is -0.117. The lowest BCUT2D eigenvalue weighted by Gasteiger charge is -2.38. The number of hydrogen-bond acceptors (Lipinski definition) is 6. The average molecular weight is 328 g/mol. The zero-order valence-electron chi connectivity index (χ0n) is 14.1. The van der Waals surface area contributed by atoms with Gasteiger partial charge in [-0.05, 0) is 24.5 Å². The summed E-state index contributed by atoms with van der Waals surface area (Å²) in [5, 5.41) is 6.42. The van der Waals surface area contributed by atoms with Gasteiger partial charge in [-0.2, -0.15) is 0 Å². The largest absolute Gasteiger partial charge is 0.386 e. The number of aromatic nitrogens is 2. The molecule has 24 heavy (non-hydrogen) atoms. The van der Waals surface area contributed by atoms with E-state index in [1.807, 2.05) is 13.1 Å². The number of nitrogens with two attached hydrogens (primary N) is 1. The molecule has 0 spiro atoms. The van der Waals surface area contributed by atoms with Crippen LogP contribution in [0.2, 0.25) is 0 Å². The number of rotatable bonds is 5. The molecule has 1 aromatic carbocycles. The maximum Gasteiger partial charge on any atom is 0.231 e. The van der Waals surface area contributed by atoms with Gasteiger partial charge in [0.1, 0.15) is 11.0 Å². The number of piperidine rings is 1. The Kier molecular flexibility index (Phi) is 4.80. The van der Waals surface area contributed by atoms with E-state index >= 15 is 0 Å². The maximum absolute atomic E-state index is 11.0. The first-order valence-electron chi connectivity index (χ1n) is 8.26. The van der Waals surface area contributed by atoms with Crippen molar-refractivity contribution in [3.05, 3.63) is 24.5 Å². The summed E-state index contributed by atoms with van der Waals surface area (Å²) in [4.78, 5) is 22.4. The molecule has 2 atom stereocenters. The minimum absolute atomic E-state index is 0.213. The highest BCUT2D eigenvalue weighted by Crippen LogP contribution is 2.31. The molecule has 0 bridgehead atoms. The highest BCUT2D eigenvalue weighted by Gasteiger charge is 2.26. The van der Waals surface area contributed by atoms with E-state index in [0.29, 0.717) is 5.92 Å². The van der Waals surface area contributed by atoms with Crippen LogP contribution in [0.15, 0.2) is 24.5 Å². The van der Waals surface area contributed by atoms with E-state index in [-0.39, 0.29) is 18.5 Å². The van der Waals surface area contributed by atoms with E-state index in [1.165, 1.54) is 0 Å². The van der Waals surface area contributed by atoms with E-state index in [1.54, 1.807) is 12.4 Å². The third kappa shape index (κ3) is 3.41. The number of nitrogens with zero attached hydrogens (tertiary/aromatic N) is 3. The molecular weight excluding hydrogens is 304 g/mol. The Morgan fingerprint density at radius 3 is 2.75 bits per heavy atom. The van der Waals surface area contributed by atoms with Gasteiger partial charge in [0, 0.05) is 38.6 Å². The summed E-state index contributed by atoms with van der Waals surface area (Å²) in [5.41, 5.74) is 9.07. The van der Waals surface area contributed by atoms with Crippen LogP contribution in [0.25, 0.3) is 11.0 Å². The van der Waals surface area contributed by atoms with Gasteiger partial charge in [-0.1, -0.05) is 6.92 Å². The Balaban J connectivity index is 1.90. The summed E-state index contributed by atoms with van der Waals surface area (Å²) in [6.45, 7) is 4.22. The van der Waals surface area contributed by atoms with Gasteiger partial charge in [-0.3, -0.25) is 14.8 Å². The fraction of sp³-hybridized carbons (Fsp3) is 0.471. The van der Waals surface area contributed by atoms with Crippen LogP contribution in [0.3, 0.4) is 0 Å². The number of fused-ring (bicyclic) bond motifs is 1. The lowest BCUT2D eigenvalue weighted by Crippen LogP contribution is -2.50. The molecule has 0 aliphatic carbocycles. The van der Waals surface area contributed by atoms with Gasteiger partial charge < -0.3 is 21.3 Å². The van der Waals surface area contributed by atoms with Crippen molar-refractivity contribution in [2.75, 3.05) is 36.9 Å². The summed E-state index contributed by atoms with van der Waals surface area (Å²) in [5.74, 6) is 0.189. The van der Waals surface area contributed by atoms with Crippen molar-refractivity contribution in [3.63, 3.8) is 0 Å². The van der Waals surface area contributed by atoms with Crippen LogP contribution < -0.4 is 21.3 Å². The molecule has 1 amide bonds. The Bertz CT molecular complexity index is 734. The molecule has 2 heterocycles. The average Bonchev–Trinajstić information content (AvgIpc) is 2.58. The third-order valence-electron chi connectivity index (χ3n) is 4.44. The SMILES string of the molecule is CNc1ccc(N2C[C@@H](C)C[C@@H](NCC(N)=O)C2)c2nccnc12. The van der Waals surface area contributed by atoms with Crippen LogP contribution in [0, 0.1) is 5.92 Å². The number of nitrogens with one attached hydrogen (secondary N) is 2. The minimum atomic E-state index is -0.325. The molecule has 1 aromatic heterocycles. The first kappa shape index (κ1) is 16.4. The number of amides is 1. The van der Waals surface area contributed by atoms with Crippen LogP contribution in [0.4, 0.5) is 11.4 Å². The smallest absolute Gasteiger partial charge is 0.231 e. The Hall–Kier alpha value is -2.41. The molecule has 0 radical (unpaired) electrons. The van der Waals surface area contributed by atoms with E-state index < -0.39 is 0 Å². The van der Waals surface area contributed by atoms with E-state index in [0.717, 1.165) is 41.9 Å². The van der Waals surface area contributed by atoms with Crippen molar-refractivity contribution >= 4 is 28.3 Å². The van der Waals surface area contributed by atoms with Crippen molar-refractivity contribution in [1.29, 1.82) is 0 Å². The molecule has 4 N–H and O–H groups in total. The second-order valence-corrected chi connectivity index (χ2v) is 6.43. The van der Waals surface area contributed by atoms with Gasteiger partial charge in [-0.15, -0.1) is 0 Å². The molecule has 1 aliphatic rings. The zero-order chi connectivity index (χ0) is 17.1. The normalized spacial score (nSPS) is 21.0. The molecule has 7 heteroatoms. The van der Waals surface area contributed by atoms with Crippen molar-refractivity contribution in [2.45, 2.75) is 19.4 Å². The van der Waals surface area contributed by atoms with Crippen LogP contribution in [-0.4, -0.2) is 48.6 Å². The molecule has 2 aromatic rings. The van der Waals surface area contributed by atoms with Gasteiger partial charge >= 0.3 is 0 Å². The zero-order valence-corrected chi connectivity index (χ0v) is 14.1. The molecule has 1 aliphatic heterocycles. The first-order chi connectivity index (χ1) is 11.6. The summed E-state index contributed by atoms with van der Waals surface area (Å²) in [6.07, 6.45) is 4.46. The fourth-order valence-corrected chi connectivity index (χ4v) is 3.44. The van der Waals surface area contributed by atoms with Gasteiger partial charge in [0.05, 0.1) is 17.9 Å². The monoisotopic (exact) mass is 328 g/mol. The van der Waals surface area contributed by atoms with Gasteiger partial charge in [0.15, 0.2) is 0 Å². The number of hydrogen-bond donors (Lipinski definition) is 3. The van der Waals surface area contributed by atoms with Crippen molar-refractivity contribution in [1.82, 2.24) is 15.3 Å². The second kappa shape index (κ2) is 7.00. The van der Waals surface area contributed by atoms with Crippen molar-refractivity contribution in [2.24, 2.45) is 11.7 Å². The number of anilines is 2. The highest BCUT2D eigenvalue weighted by molar-refractivity contribution is 5.96. The topological polar surface area (TPSA) is 96.2 Å². The molecule has 3 rings (SSSR count). The third-order valence-corrected chi connectivity index (χ3v) is 4.44. The predicted octanol–water partition coefficient (Wildman–Crippen LogP) is 0.961. The minimum Gasteiger partial charge on any atom is -0.386 e. The molecule has 1 saturated heterocycles. The molecule has 0 unspecified atom stereocenters. The summed E-state index contributed by atoms with van der Waals surface area (Å²) < 4.78 is 0. The standard InChI is InChI=1S/C17H24N6O/c1-11-7-12(22-8-15(18)24)10-23(9-11)14-4-3-13(19-2)16-17(14)21-6-5-20-16/h3-6,11-12,19,22H,7-10H2,1-2H3,(H2,18,24)/t11-,12+/m0/s1. The number of carbonyl (C=O) groups is 1. The van der Waals surface area contributed by atoms with Crippen molar-refractivity contribution < 1.29 is 4.79 Å². The number of primary amides is 1. The predicted molar refractivity (Wildman–Crippen MR) is 96.1 cm³/mol. The Morgan fingerprint density at radius 1 is 1.29 bits per heavy atom. The number of benzene rings is 1. The van der Waals surface area contributed by atoms with E-state index in [9.17, 15) is 4.79 Å². The Morgan fingerprint density at radius 2 is 2.04 bits per heavy atom. The molecular formula is C17H24N6O. The van der Waals surface area contributed by atoms with Crippen molar-refractivity contribution in [3.8, 4) is 0 Å². The van der Waals surface area contributed by atoms with Crippen LogP contribution >= 0.6 is 0 Å². The number of carbonyl (C=O) groups excluding carboxylic acids is 1. The van der Waals surface area contributed by atoms with E-state index in [2.05, 4.69) is 38.5 Å². The summed E-state index contributed by atoms with van der Waals surface area (Å²) >= 11 is 0. The van der Waals surface area contributed by atoms with Gasteiger partial charge in [-0.25, -0.2) is 0 Å². The first-order valence-corrected chi connectivity index (χ1v) is 8.26. The molecule has 1 fully saturated rings. The summed E-state index contributed by atoms with van der Waals surface area (Å²) in [6, 6.07) is 4.36. The highest BCUT2D eigenvalue weighted by atomic mass is 16.1. The Labute approximate surface area is 141 Å². The van der Waals surface area contributed by atoms with Crippen LogP contribution in [0.1, 0.15) is 13.3 Å².